The molecule has 0 aliphatic heterocycles. The number of amides is 1. The summed E-state index contributed by atoms with van der Waals surface area (Å²) >= 11 is 9.75. The maximum absolute atomic E-state index is 11.4. The van der Waals surface area contributed by atoms with Crippen LogP contribution in [0.3, 0.4) is 0 Å². The quantitative estimate of drug-likeness (QED) is 0.577. The van der Waals surface area contributed by atoms with E-state index in [1.54, 1.807) is 13.3 Å². The molecule has 1 heterocycles. The number of hydrogen-bond acceptors (Lipinski definition) is 4. The van der Waals surface area contributed by atoms with Gasteiger partial charge in [0.15, 0.2) is 0 Å². The van der Waals surface area contributed by atoms with Gasteiger partial charge < -0.3 is 15.4 Å². The monoisotopic (exact) mass is 433 g/mol. The Morgan fingerprint density at radius 3 is 2.77 bits per heavy atom. The minimum Gasteiger partial charge on any atom is -0.495 e. The fourth-order valence-electron chi connectivity index (χ4n) is 2.68. The second kappa shape index (κ2) is 7.93. The van der Waals surface area contributed by atoms with E-state index in [2.05, 4.69) is 31.5 Å². The summed E-state index contributed by atoms with van der Waals surface area (Å²) < 4.78 is 6.18. The molecule has 0 radical (unpaired) electrons. The standard InChI is InChI=1S/C19H17BrClN3O2/c1-11(25)24-17-7-12(3-4-18(17)26-2)10-23-16-5-6-22-19-14(16)8-13(20)9-15(19)21/h3-9H,10H2,1-2H3,(H,22,23)(H,24,25). The topological polar surface area (TPSA) is 63.2 Å². The Bertz CT molecular complexity index is 978. The molecule has 1 aromatic heterocycles. The number of fused-ring (bicyclic) bond motifs is 1. The molecule has 0 aliphatic rings. The zero-order valence-corrected chi connectivity index (χ0v) is 16.6. The normalized spacial score (nSPS) is 10.6. The van der Waals surface area contributed by atoms with Crippen LogP contribution in [0, 0.1) is 0 Å². The van der Waals surface area contributed by atoms with E-state index < -0.39 is 0 Å². The number of carbonyl (C=O) groups is 1. The van der Waals surface area contributed by atoms with Crippen LogP contribution in [0.2, 0.25) is 5.02 Å². The van der Waals surface area contributed by atoms with E-state index >= 15 is 0 Å². The van der Waals surface area contributed by atoms with Crippen molar-refractivity contribution in [3.05, 3.63) is 57.7 Å². The number of ether oxygens (including phenoxy) is 1. The third-order valence-corrected chi connectivity index (χ3v) is 4.57. The Labute approximate surface area is 164 Å². The molecule has 0 unspecified atom stereocenters. The zero-order valence-electron chi connectivity index (χ0n) is 14.3. The van der Waals surface area contributed by atoms with Gasteiger partial charge in [-0.2, -0.15) is 0 Å². The number of benzene rings is 2. The van der Waals surface area contributed by atoms with Crippen LogP contribution in [0.25, 0.3) is 10.9 Å². The lowest BCUT2D eigenvalue weighted by Gasteiger charge is -2.13. The van der Waals surface area contributed by atoms with Crippen LogP contribution in [0.1, 0.15) is 12.5 Å². The Kier molecular flexibility index (Phi) is 5.64. The van der Waals surface area contributed by atoms with E-state index in [4.69, 9.17) is 16.3 Å². The van der Waals surface area contributed by atoms with Gasteiger partial charge in [-0.1, -0.05) is 33.6 Å². The highest BCUT2D eigenvalue weighted by atomic mass is 79.9. The van der Waals surface area contributed by atoms with Crippen LogP contribution in [-0.4, -0.2) is 18.0 Å². The number of halogens is 2. The van der Waals surface area contributed by atoms with Crippen molar-refractivity contribution in [3.63, 3.8) is 0 Å². The van der Waals surface area contributed by atoms with Gasteiger partial charge in [-0.15, -0.1) is 0 Å². The summed E-state index contributed by atoms with van der Waals surface area (Å²) in [6.07, 6.45) is 1.72. The molecule has 134 valence electrons. The van der Waals surface area contributed by atoms with Gasteiger partial charge in [0.2, 0.25) is 5.91 Å². The predicted molar refractivity (Wildman–Crippen MR) is 109 cm³/mol. The molecule has 5 nitrogen and oxygen atoms in total. The van der Waals surface area contributed by atoms with Crippen LogP contribution < -0.4 is 15.4 Å². The summed E-state index contributed by atoms with van der Waals surface area (Å²) in [6, 6.07) is 11.4. The van der Waals surface area contributed by atoms with Gasteiger partial charge in [0.1, 0.15) is 5.75 Å². The molecule has 2 aromatic carbocycles. The SMILES string of the molecule is COc1ccc(CNc2ccnc3c(Cl)cc(Br)cc23)cc1NC(C)=O. The van der Waals surface area contributed by atoms with Crippen LogP contribution in [-0.2, 0) is 11.3 Å². The predicted octanol–water partition coefficient (Wildman–Crippen LogP) is 5.23. The molecule has 1 amide bonds. The maximum Gasteiger partial charge on any atom is 0.221 e. The van der Waals surface area contributed by atoms with Crippen molar-refractivity contribution < 1.29 is 9.53 Å². The fraction of sp³-hybridized carbons (Fsp3) is 0.158. The zero-order chi connectivity index (χ0) is 18.7. The molecule has 0 fully saturated rings. The number of aromatic nitrogens is 1. The number of anilines is 2. The highest BCUT2D eigenvalue weighted by molar-refractivity contribution is 9.10. The molecule has 2 N–H and O–H groups in total. The summed E-state index contributed by atoms with van der Waals surface area (Å²) in [4.78, 5) is 15.7. The summed E-state index contributed by atoms with van der Waals surface area (Å²) in [5, 5.41) is 7.71. The highest BCUT2D eigenvalue weighted by Crippen LogP contribution is 2.32. The molecule has 7 heteroatoms. The summed E-state index contributed by atoms with van der Waals surface area (Å²) in [6.45, 7) is 2.04. The lowest BCUT2D eigenvalue weighted by molar-refractivity contribution is -0.114. The van der Waals surface area contributed by atoms with Crippen molar-refractivity contribution in [2.24, 2.45) is 0 Å². The van der Waals surface area contributed by atoms with Gasteiger partial charge >= 0.3 is 0 Å². The third kappa shape index (κ3) is 4.08. The number of rotatable bonds is 5. The van der Waals surface area contributed by atoms with Gasteiger partial charge in [-0.05, 0) is 35.9 Å². The average Bonchev–Trinajstić information content (AvgIpc) is 2.59. The molecule has 3 aromatic rings. The first-order valence-corrected chi connectivity index (χ1v) is 9.07. The molecule has 0 spiro atoms. The second-order valence-corrected chi connectivity index (χ2v) is 7.03. The van der Waals surface area contributed by atoms with E-state index in [9.17, 15) is 4.79 Å². The molecule has 3 rings (SSSR count). The van der Waals surface area contributed by atoms with Crippen molar-refractivity contribution in [2.45, 2.75) is 13.5 Å². The Balaban J connectivity index is 1.87. The summed E-state index contributed by atoms with van der Waals surface area (Å²) in [5.74, 6) is 0.474. The molecule has 0 aliphatic carbocycles. The van der Waals surface area contributed by atoms with Crippen LogP contribution in [0.5, 0.6) is 5.75 Å². The van der Waals surface area contributed by atoms with Gasteiger partial charge in [-0.25, -0.2) is 0 Å². The van der Waals surface area contributed by atoms with E-state index in [1.165, 1.54) is 6.92 Å². The number of methoxy groups -OCH3 is 1. The van der Waals surface area contributed by atoms with Crippen molar-refractivity contribution in [1.82, 2.24) is 4.98 Å². The highest BCUT2D eigenvalue weighted by Gasteiger charge is 2.09. The molecule has 0 saturated carbocycles. The fourth-order valence-corrected chi connectivity index (χ4v) is 3.54. The number of hydrogen-bond donors (Lipinski definition) is 2. The lowest BCUT2D eigenvalue weighted by Crippen LogP contribution is -2.08. The van der Waals surface area contributed by atoms with E-state index in [0.717, 1.165) is 26.6 Å². The van der Waals surface area contributed by atoms with Gasteiger partial charge in [0.05, 0.1) is 23.3 Å². The third-order valence-electron chi connectivity index (χ3n) is 3.82. The second-order valence-electron chi connectivity index (χ2n) is 5.71. The van der Waals surface area contributed by atoms with Crippen LogP contribution >= 0.6 is 27.5 Å². The van der Waals surface area contributed by atoms with E-state index in [0.29, 0.717) is 23.0 Å². The minimum absolute atomic E-state index is 0.145. The number of nitrogens with one attached hydrogen (secondary N) is 2. The van der Waals surface area contributed by atoms with Crippen molar-refractivity contribution in [2.75, 3.05) is 17.7 Å². The molecular formula is C19H17BrClN3O2. The van der Waals surface area contributed by atoms with Crippen LogP contribution in [0.4, 0.5) is 11.4 Å². The largest absolute Gasteiger partial charge is 0.495 e. The Morgan fingerprint density at radius 2 is 2.04 bits per heavy atom. The van der Waals surface area contributed by atoms with E-state index in [1.807, 2.05) is 36.4 Å². The maximum atomic E-state index is 11.4. The molecular weight excluding hydrogens is 418 g/mol. The Morgan fingerprint density at radius 1 is 1.23 bits per heavy atom. The first-order valence-electron chi connectivity index (χ1n) is 7.90. The van der Waals surface area contributed by atoms with Crippen molar-refractivity contribution in [1.29, 1.82) is 0 Å². The first kappa shape index (κ1) is 18.5. The number of nitrogens with zero attached hydrogens (tertiary/aromatic N) is 1. The number of pyridine rings is 1. The molecule has 26 heavy (non-hydrogen) atoms. The first-order chi connectivity index (χ1) is 12.5. The lowest BCUT2D eigenvalue weighted by atomic mass is 10.1. The number of carbonyl (C=O) groups excluding carboxylic acids is 1. The summed E-state index contributed by atoms with van der Waals surface area (Å²) in [7, 11) is 1.57. The van der Waals surface area contributed by atoms with Crippen LogP contribution in [0.15, 0.2) is 47.1 Å². The molecule has 0 atom stereocenters. The van der Waals surface area contributed by atoms with E-state index in [-0.39, 0.29) is 5.91 Å². The smallest absolute Gasteiger partial charge is 0.221 e. The van der Waals surface area contributed by atoms with Gasteiger partial charge in [0.25, 0.3) is 0 Å². The molecule has 0 bridgehead atoms. The van der Waals surface area contributed by atoms with Gasteiger partial charge in [0, 0.05) is 35.2 Å². The molecule has 0 saturated heterocycles. The van der Waals surface area contributed by atoms with Crippen molar-refractivity contribution >= 4 is 55.7 Å². The van der Waals surface area contributed by atoms with Gasteiger partial charge in [-0.3, -0.25) is 9.78 Å². The Hall–Kier alpha value is -2.31. The minimum atomic E-state index is -0.145. The van der Waals surface area contributed by atoms with Crippen molar-refractivity contribution in [3.8, 4) is 5.75 Å². The average molecular weight is 435 g/mol. The summed E-state index contributed by atoms with van der Waals surface area (Å²) in [5.41, 5.74) is 3.31.